The minimum Gasteiger partial charge on any atom is -0.481 e. The molecule has 0 aliphatic heterocycles. The summed E-state index contributed by atoms with van der Waals surface area (Å²) in [5.41, 5.74) is 3.48. The van der Waals surface area contributed by atoms with Crippen molar-refractivity contribution >= 4 is 17.1 Å². The number of aromatic nitrogens is 2. The van der Waals surface area contributed by atoms with Crippen LogP contribution in [0.25, 0.3) is 11.0 Å². The van der Waals surface area contributed by atoms with E-state index >= 15 is 0 Å². The zero-order valence-corrected chi connectivity index (χ0v) is 18.2. The molecular formula is C25H29N3O4. The van der Waals surface area contributed by atoms with Crippen LogP contribution >= 0.6 is 0 Å². The van der Waals surface area contributed by atoms with Gasteiger partial charge in [-0.15, -0.1) is 0 Å². The van der Waals surface area contributed by atoms with E-state index in [1.807, 2.05) is 42.5 Å². The van der Waals surface area contributed by atoms with Gasteiger partial charge in [-0.05, 0) is 54.9 Å². The number of fused-ring (bicyclic) bond motifs is 1. The molecule has 4 rings (SSSR count). The summed E-state index contributed by atoms with van der Waals surface area (Å²) in [6.45, 7) is 0.263. The van der Waals surface area contributed by atoms with E-state index in [0.717, 1.165) is 47.8 Å². The molecule has 1 amide bonds. The van der Waals surface area contributed by atoms with E-state index in [9.17, 15) is 9.90 Å². The van der Waals surface area contributed by atoms with Crippen molar-refractivity contribution in [3.63, 3.8) is 0 Å². The second kappa shape index (κ2) is 10.4. The third kappa shape index (κ3) is 5.53. The lowest BCUT2D eigenvalue weighted by atomic mass is 9.81. The van der Waals surface area contributed by atoms with Gasteiger partial charge < -0.3 is 19.9 Å². The molecule has 0 bridgehead atoms. The minimum absolute atomic E-state index is 0.0782. The largest absolute Gasteiger partial charge is 0.481 e. The molecule has 32 heavy (non-hydrogen) atoms. The van der Waals surface area contributed by atoms with Crippen molar-refractivity contribution in [1.82, 2.24) is 15.3 Å². The van der Waals surface area contributed by atoms with Crippen LogP contribution in [-0.4, -0.2) is 40.4 Å². The molecule has 1 fully saturated rings. The van der Waals surface area contributed by atoms with Crippen LogP contribution in [-0.2, 0) is 17.8 Å². The lowest BCUT2D eigenvalue weighted by Gasteiger charge is -2.31. The second-order valence-corrected chi connectivity index (χ2v) is 8.28. The van der Waals surface area contributed by atoms with Crippen molar-refractivity contribution in [2.45, 2.75) is 50.9 Å². The molecule has 1 unspecified atom stereocenters. The van der Waals surface area contributed by atoms with Crippen molar-refractivity contribution in [3.05, 3.63) is 65.9 Å². The van der Waals surface area contributed by atoms with E-state index in [4.69, 9.17) is 9.47 Å². The first-order valence-electron chi connectivity index (χ1n) is 11.1. The standard InChI is InChI=1S/C25H29N3O4/c1-31-23-12-11-21-24(28-23)19(13-14-26-21)15-22(29)18-7-9-20(10-8-18)27-25(30)32-16-17-5-3-2-4-6-17/h2-6,11-14,18,20,22,29H,7-10,15-16H2,1H3,(H,27,30). The van der Waals surface area contributed by atoms with Gasteiger partial charge in [-0.3, -0.25) is 4.98 Å². The van der Waals surface area contributed by atoms with Crippen LogP contribution in [0.3, 0.4) is 0 Å². The number of nitrogens with zero attached hydrogens (tertiary/aromatic N) is 2. The number of hydrogen-bond acceptors (Lipinski definition) is 6. The zero-order chi connectivity index (χ0) is 22.3. The van der Waals surface area contributed by atoms with Crippen molar-refractivity contribution < 1.29 is 19.4 Å². The maximum absolute atomic E-state index is 12.1. The van der Waals surface area contributed by atoms with Gasteiger partial charge in [0, 0.05) is 24.7 Å². The molecule has 1 saturated carbocycles. The van der Waals surface area contributed by atoms with Gasteiger partial charge in [-0.2, -0.15) is 0 Å². The summed E-state index contributed by atoms with van der Waals surface area (Å²) in [5.74, 6) is 0.717. The molecule has 7 heteroatoms. The number of pyridine rings is 2. The van der Waals surface area contributed by atoms with Crippen LogP contribution in [0.2, 0.25) is 0 Å². The summed E-state index contributed by atoms with van der Waals surface area (Å²) in [5, 5.41) is 13.9. The number of rotatable bonds is 7. The molecule has 0 radical (unpaired) electrons. The lowest BCUT2D eigenvalue weighted by molar-refractivity contribution is 0.0765. The maximum atomic E-state index is 12.1. The highest BCUT2D eigenvalue weighted by Crippen LogP contribution is 2.30. The number of ether oxygens (including phenoxy) is 2. The Balaban J connectivity index is 1.27. The number of amides is 1. The molecule has 2 heterocycles. The minimum atomic E-state index is -0.473. The molecular weight excluding hydrogens is 406 g/mol. The summed E-state index contributed by atoms with van der Waals surface area (Å²) in [6.07, 6.45) is 4.76. The van der Waals surface area contributed by atoms with E-state index in [1.54, 1.807) is 19.4 Å². The Labute approximate surface area is 187 Å². The smallest absolute Gasteiger partial charge is 0.407 e. The molecule has 0 saturated heterocycles. The van der Waals surface area contributed by atoms with E-state index < -0.39 is 6.10 Å². The number of aliphatic hydroxyl groups excluding tert-OH is 1. The van der Waals surface area contributed by atoms with Gasteiger partial charge in [0.2, 0.25) is 5.88 Å². The van der Waals surface area contributed by atoms with E-state index in [-0.39, 0.29) is 24.7 Å². The highest BCUT2D eigenvalue weighted by molar-refractivity contribution is 5.78. The number of carbonyl (C=O) groups excluding carboxylic acids is 1. The number of hydrogen-bond donors (Lipinski definition) is 2. The average molecular weight is 436 g/mol. The SMILES string of the molecule is COc1ccc2nccc(CC(O)C3CCC(NC(=O)OCc4ccccc4)CC3)c2n1. The Hall–Kier alpha value is -3.19. The normalized spacial score (nSPS) is 19.3. The predicted molar refractivity (Wildman–Crippen MR) is 121 cm³/mol. The Morgan fingerprint density at radius 1 is 1.12 bits per heavy atom. The monoisotopic (exact) mass is 435 g/mol. The first kappa shape index (κ1) is 22.0. The molecule has 1 aromatic carbocycles. The summed E-state index contributed by atoms with van der Waals surface area (Å²) >= 11 is 0. The van der Waals surface area contributed by atoms with Gasteiger partial charge in [-0.25, -0.2) is 9.78 Å². The number of alkyl carbamates (subject to hydrolysis) is 1. The highest BCUT2D eigenvalue weighted by Gasteiger charge is 2.28. The molecule has 168 valence electrons. The second-order valence-electron chi connectivity index (χ2n) is 8.28. The third-order valence-corrected chi connectivity index (χ3v) is 6.13. The van der Waals surface area contributed by atoms with Crippen LogP contribution in [0.4, 0.5) is 4.79 Å². The van der Waals surface area contributed by atoms with Gasteiger partial charge in [0.15, 0.2) is 0 Å². The quantitative estimate of drug-likeness (QED) is 0.582. The number of aliphatic hydroxyl groups is 1. The molecule has 0 spiro atoms. The van der Waals surface area contributed by atoms with E-state index in [0.29, 0.717) is 12.3 Å². The van der Waals surface area contributed by atoms with Gasteiger partial charge >= 0.3 is 6.09 Å². The van der Waals surface area contributed by atoms with Crippen LogP contribution < -0.4 is 10.1 Å². The fourth-order valence-electron chi connectivity index (χ4n) is 4.31. The summed E-state index contributed by atoms with van der Waals surface area (Å²) in [4.78, 5) is 21.0. The van der Waals surface area contributed by atoms with Crippen LogP contribution in [0.5, 0.6) is 5.88 Å². The van der Waals surface area contributed by atoms with E-state index in [1.165, 1.54) is 0 Å². The molecule has 3 aromatic rings. The number of benzene rings is 1. The third-order valence-electron chi connectivity index (χ3n) is 6.13. The van der Waals surface area contributed by atoms with Crippen molar-refractivity contribution in [2.75, 3.05) is 7.11 Å². The van der Waals surface area contributed by atoms with Crippen LogP contribution in [0, 0.1) is 5.92 Å². The fourth-order valence-corrected chi connectivity index (χ4v) is 4.31. The molecule has 1 atom stereocenters. The Morgan fingerprint density at radius 2 is 1.91 bits per heavy atom. The Kier molecular flexibility index (Phi) is 7.17. The number of nitrogens with one attached hydrogen (secondary N) is 1. The molecule has 2 aromatic heterocycles. The van der Waals surface area contributed by atoms with Gasteiger partial charge in [0.05, 0.1) is 24.2 Å². The molecule has 2 N–H and O–H groups in total. The first-order valence-corrected chi connectivity index (χ1v) is 11.1. The van der Waals surface area contributed by atoms with Crippen molar-refractivity contribution in [2.24, 2.45) is 5.92 Å². The molecule has 1 aliphatic carbocycles. The van der Waals surface area contributed by atoms with Gasteiger partial charge in [0.1, 0.15) is 6.61 Å². The molecule has 7 nitrogen and oxygen atoms in total. The highest BCUT2D eigenvalue weighted by atomic mass is 16.5. The average Bonchev–Trinajstić information content (AvgIpc) is 2.84. The lowest BCUT2D eigenvalue weighted by Crippen LogP contribution is -2.40. The summed E-state index contributed by atoms with van der Waals surface area (Å²) < 4.78 is 10.6. The zero-order valence-electron chi connectivity index (χ0n) is 18.2. The van der Waals surface area contributed by atoms with Crippen molar-refractivity contribution in [1.29, 1.82) is 0 Å². The van der Waals surface area contributed by atoms with Gasteiger partial charge in [0.25, 0.3) is 0 Å². The van der Waals surface area contributed by atoms with Gasteiger partial charge in [-0.1, -0.05) is 30.3 Å². The van der Waals surface area contributed by atoms with E-state index in [2.05, 4.69) is 15.3 Å². The maximum Gasteiger partial charge on any atom is 0.407 e. The summed E-state index contributed by atoms with van der Waals surface area (Å²) in [6, 6.07) is 15.3. The van der Waals surface area contributed by atoms with Crippen LogP contribution in [0.1, 0.15) is 36.8 Å². The first-order chi connectivity index (χ1) is 15.6. The predicted octanol–water partition coefficient (Wildman–Crippen LogP) is 4.03. The van der Waals surface area contributed by atoms with Crippen molar-refractivity contribution in [3.8, 4) is 5.88 Å². The Bertz CT molecular complexity index is 1040. The number of carbonyl (C=O) groups is 1. The fraction of sp³-hybridized carbons (Fsp3) is 0.400. The van der Waals surface area contributed by atoms with Crippen LogP contribution in [0.15, 0.2) is 54.7 Å². The Morgan fingerprint density at radius 3 is 2.66 bits per heavy atom. The summed E-state index contributed by atoms with van der Waals surface area (Å²) in [7, 11) is 1.59. The molecule has 1 aliphatic rings. The topological polar surface area (TPSA) is 93.6 Å². The number of methoxy groups -OCH3 is 1.